The fourth-order valence-corrected chi connectivity index (χ4v) is 1.46. The maximum absolute atomic E-state index is 11.5. The van der Waals surface area contributed by atoms with E-state index in [1.54, 1.807) is 12.1 Å². The summed E-state index contributed by atoms with van der Waals surface area (Å²) in [5.41, 5.74) is 1.64. The van der Waals surface area contributed by atoms with E-state index in [0.717, 1.165) is 11.1 Å². The fraction of sp³-hybridized carbons (Fsp3) is 0.133. The number of amides is 1. The molecule has 1 N–H and O–H groups in total. The standard InChI is InChI=1S/C15H15NO2/c17-15(16-11-13-7-3-1-4-8-13)18-12-14-9-5-2-6-10-14/h1-10H,11-12H2,(H,16,17)/i11D/t11-/m0/s1. The molecule has 0 saturated heterocycles. The van der Waals surface area contributed by atoms with Crippen LogP contribution in [-0.2, 0) is 17.9 Å². The number of carbonyl (C=O) groups is 1. The summed E-state index contributed by atoms with van der Waals surface area (Å²) in [6.45, 7) is -0.613. The zero-order chi connectivity index (χ0) is 13.5. The van der Waals surface area contributed by atoms with E-state index in [1.807, 2.05) is 48.5 Å². The van der Waals surface area contributed by atoms with Gasteiger partial charge in [-0.05, 0) is 11.1 Å². The molecule has 0 aliphatic rings. The number of hydrogen-bond donors (Lipinski definition) is 1. The van der Waals surface area contributed by atoms with Gasteiger partial charge in [-0.2, -0.15) is 0 Å². The molecule has 2 rings (SSSR count). The van der Waals surface area contributed by atoms with E-state index in [0.29, 0.717) is 0 Å². The third kappa shape index (κ3) is 3.94. The molecule has 3 nitrogen and oxygen atoms in total. The van der Waals surface area contributed by atoms with Gasteiger partial charge in [0.15, 0.2) is 0 Å². The van der Waals surface area contributed by atoms with Crippen molar-refractivity contribution < 1.29 is 10.9 Å². The van der Waals surface area contributed by atoms with Crippen LogP contribution in [0.3, 0.4) is 0 Å². The molecule has 2 aromatic rings. The molecule has 0 bridgehead atoms. The molecule has 1 amide bonds. The Morgan fingerprint density at radius 3 is 2.17 bits per heavy atom. The van der Waals surface area contributed by atoms with Gasteiger partial charge < -0.3 is 10.1 Å². The number of ether oxygens (including phenoxy) is 1. The first-order valence-electron chi connectivity index (χ1n) is 6.28. The lowest BCUT2D eigenvalue weighted by Gasteiger charge is -2.07. The van der Waals surface area contributed by atoms with Crippen LogP contribution in [0.1, 0.15) is 12.5 Å². The molecule has 0 fully saturated rings. The molecule has 1 atom stereocenters. The number of alkyl carbamates (subject to hydrolysis) is 1. The van der Waals surface area contributed by atoms with E-state index in [1.165, 1.54) is 0 Å². The van der Waals surface area contributed by atoms with E-state index >= 15 is 0 Å². The van der Waals surface area contributed by atoms with Gasteiger partial charge in [-0.25, -0.2) is 4.79 Å². The van der Waals surface area contributed by atoms with Crippen molar-refractivity contribution in [3.63, 3.8) is 0 Å². The molecule has 0 heterocycles. The highest BCUT2D eigenvalue weighted by molar-refractivity contribution is 5.67. The van der Waals surface area contributed by atoms with Crippen molar-refractivity contribution in [2.45, 2.75) is 13.1 Å². The van der Waals surface area contributed by atoms with Crippen LogP contribution in [0, 0.1) is 0 Å². The van der Waals surface area contributed by atoms with Crippen molar-refractivity contribution in [2.24, 2.45) is 0 Å². The molecule has 3 heteroatoms. The molecule has 2 aromatic carbocycles. The zero-order valence-corrected chi connectivity index (χ0v) is 9.87. The summed E-state index contributed by atoms with van der Waals surface area (Å²) < 4.78 is 12.9. The van der Waals surface area contributed by atoms with Gasteiger partial charge in [0, 0.05) is 6.52 Å². The van der Waals surface area contributed by atoms with Crippen molar-refractivity contribution >= 4 is 6.09 Å². The first-order valence-corrected chi connectivity index (χ1v) is 5.70. The zero-order valence-electron chi connectivity index (χ0n) is 10.9. The van der Waals surface area contributed by atoms with Crippen LogP contribution in [0.25, 0.3) is 0 Å². The van der Waals surface area contributed by atoms with Crippen molar-refractivity contribution in [1.82, 2.24) is 5.32 Å². The van der Waals surface area contributed by atoms with Gasteiger partial charge >= 0.3 is 6.09 Å². The van der Waals surface area contributed by atoms with E-state index < -0.39 is 12.6 Å². The largest absolute Gasteiger partial charge is 0.445 e. The van der Waals surface area contributed by atoms with E-state index in [-0.39, 0.29) is 6.61 Å². The maximum Gasteiger partial charge on any atom is 0.407 e. The Morgan fingerprint density at radius 2 is 1.56 bits per heavy atom. The van der Waals surface area contributed by atoms with Gasteiger partial charge in [0.2, 0.25) is 0 Å². The third-order valence-corrected chi connectivity index (χ3v) is 2.37. The van der Waals surface area contributed by atoms with Crippen LogP contribution in [0.2, 0.25) is 0 Å². The lowest BCUT2D eigenvalue weighted by atomic mass is 10.2. The minimum atomic E-state index is -0.815. The fourth-order valence-electron chi connectivity index (χ4n) is 1.46. The quantitative estimate of drug-likeness (QED) is 0.894. The van der Waals surface area contributed by atoms with E-state index in [2.05, 4.69) is 5.32 Å². The van der Waals surface area contributed by atoms with Gasteiger partial charge in [0.1, 0.15) is 6.61 Å². The summed E-state index contributed by atoms with van der Waals surface area (Å²) >= 11 is 0. The van der Waals surface area contributed by atoms with Gasteiger partial charge in [-0.15, -0.1) is 0 Å². The number of carbonyl (C=O) groups excluding carboxylic acids is 1. The SMILES string of the molecule is [2H][C@H](NC(=O)OCc1ccccc1)c1ccccc1. The smallest absolute Gasteiger partial charge is 0.407 e. The summed E-state index contributed by atoms with van der Waals surface area (Å²) in [5, 5.41) is 2.47. The molecule has 0 spiro atoms. The predicted octanol–water partition coefficient (Wildman–Crippen LogP) is 3.11. The van der Waals surface area contributed by atoms with Gasteiger partial charge in [-0.3, -0.25) is 0 Å². The lowest BCUT2D eigenvalue weighted by molar-refractivity contribution is 0.139. The van der Waals surface area contributed by atoms with Crippen molar-refractivity contribution in [1.29, 1.82) is 0 Å². The Hall–Kier alpha value is -2.29. The monoisotopic (exact) mass is 242 g/mol. The van der Waals surface area contributed by atoms with E-state index in [4.69, 9.17) is 6.11 Å². The molecule has 0 aliphatic carbocycles. The summed E-state index contributed by atoms with van der Waals surface area (Å²) in [4.78, 5) is 11.5. The first kappa shape index (κ1) is 10.8. The minimum absolute atomic E-state index is 0.203. The number of rotatable bonds is 4. The Morgan fingerprint density at radius 1 is 1.00 bits per heavy atom. The second-order valence-electron chi connectivity index (χ2n) is 3.76. The molecule has 0 aromatic heterocycles. The number of benzene rings is 2. The molecular formula is C15H15NO2. The molecule has 0 aliphatic heterocycles. The second-order valence-corrected chi connectivity index (χ2v) is 3.76. The summed E-state index contributed by atoms with van der Waals surface area (Å²) in [7, 11) is 0. The van der Waals surface area contributed by atoms with Gasteiger partial charge in [-0.1, -0.05) is 60.7 Å². The Bertz CT molecular complexity index is 516. The van der Waals surface area contributed by atoms with Crippen LogP contribution < -0.4 is 5.32 Å². The summed E-state index contributed by atoms with van der Waals surface area (Å²) in [5.74, 6) is 0. The molecular weight excluding hydrogens is 226 g/mol. The predicted molar refractivity (Wildman–Crippen MR) is 69.9 cm³/mol. The highest BCUT2D eigenvalue weighted by atomic mass is 16.5. The molecule has 0 radical (unpaired) electrons. The van der Waals surface area contributed by atoms with Gasteiger partial charge in [0.25, 0.3) is 0 Å². The highest BCUT2D eigenvalue weighted by Gasteiger charge is 2.01. The Kier molecular flexibility index (Phi) is 3.88. The maximum atomic E-state index is 11.5. The second kappa shape index (κ2) is 6.45. The average Bonchev–Trinajstić information content (AvgIpc) is 2.47. The Balaban J connectivity index is 1.82. The molecule has 0 saturated carbocycles. The minimum Gasteiger partial charge on any atom is -0.445 e. The van der Waals surface area contributed by atoms with E-state index in [9.17, 15) is 4.79 Å². The average molecular weight is 242 g/mol. The topological polar surface area (TPSA) is 38.3 Å². The normalized spacial score (nSPS) is 12.3. The number of hydrogen-bond acceptors (Lipinski definition) is 2. The van der Waals surface area contributed by atoms with Crippen LogP contribution in [0.4, 0.5) is 4.79 Å². The van der Waals surface area contributed by atoms with Crippen molar-refractivity contribution in [3.05, 3.63) is 71.8 Å². The van der Waals surface area contributed by atoms with Crippen molar-refractivity contribution in [2.75, 3.05) is 0 Å². The lowest BCUT2D eigenvalue weighted by Crippen LogP contribution is -2.23. The van der Waals surface area contributed by atoms with Crippen molar-refractivity contribution in [3.8, 4) is 0 Å². The first-order chi connectivity index (χ1) is 9.25. The third-order valence-electron chi connectivity index (χ3n) is 2.37. The Labute approximate surface area is 108 Å². The van der Waals surface area contributed by atoms with Crippen LogP contribution in [0.5, 0.6) is 0 Å². The van der Waals surface area contributed by atoms with Crippen LogP contribution in [-0.4, -0.2) is 6.09 Å². The summed E-state index contributed by atoms with van der Waals surface area (Å²) in [6.07, 6.45) is -0.590. The molecule has 18 heavy (non-hydrogen) atoms. The molecule has 0 unspecified atom stereocenters. The van der Waals surface area contributed by atoms with Crippen LogP contribution >= 0.6 is 0 Å². The molecule has 92 valence electrons. The number of nitrogens with one attached hydrogen (secondary N) is 1. The highest BCUT2D eigenvalue weighted by Crippen LogP contribution is 2.01. The summed E-state index contributed by atoms with van der Waals surface area (Å²) in [6, 6.07) is 18.5. The van der Waals surface area contributed by atoms with Crippen LogP contribution in [0.15, 0.2) is 60.7 Å². The van der Waals surface area contributed by atoms with Gasteiger partial charge in [0.05, 0.1) is 1.37 Å².